The summed E-state index contributed by atoms with van der Waals surface area (Å²) in [5.74, 6) is -1.31. The number of aryl methyl sites for hydroxylation is 1. The van der Waals surface area contributed by atoms with Crippen LogP contribution in [0.4, 0.5) is 8.78 Å². The van der Waals surface area contributed by atoms with Gasteiger partial charge in [-0.2, -0.15) is 41.6 Å². The Morgan fingerprint density at radius 3 is 2.69 bits per heavy atom. The maximum atomic E-state index is 13.9. The van der Waals surface area contributed by atoms with E-state index in [1.54, 1.807) is 12.3 Å². The maximum Gasteiger partial charge on any atom is 3.00 e. The third-order valence-corrected chi connectivity index (χ3v) is 5.98. The minimum Gasteiger partial charge on any atom is -0.668 e. The standard InChI is InChI=1S/C18H12F2N.C11H10N2.Ir/c1-12-11-21-18(15-8-7-14(19)9-17(15)20)10-16(12)13-5-3-2-4-6-13;1-2-4-10-9(3-1)5-7-13-8-6-12-11(10)13;/h2-7,9-11H,1H3;1-3,6,8,11H,5,7H2;/q-1;-2;+3. The van der Waals surface area contributed by atoms with Crippen LogP contribution >= 0.6 is 0 Å². The van der Waals surface area contributed by atoms with E-state index in [-0.39, 0.29) is 31.8 Å². The van der Waals surface area contributed by atoms with E-state index in [1.165, 1.54) is 11.1 Å². The third kappa shape index (κ3) is 5.34. The molecule has 0 N–H and O–H groups in total. The molecule has 0 bridgehead atoms. The molecular weight excluding hydrogens is 621 g/mol. The van der Waals surface area contributed by atoms with Crippen LogP contribution in [0.2, 0.25) is 0 Å². The molecule has 0 saturated carbocycles. The van der Waals surface area contributed by atoms with Crippen molar-refractivity contribution in [2.75, 3.05) is 6.54 Å². The Kier molecular flexibility index (Phi) is 7.74. The zero-order valence-electron chi connectivity index (χ0n) is 19.0. The van der Waals surface area contributed by atoms with Crippen LogP contribution in [0.1, 0.15) is 22.9 Å². The van der Waals surface area contributed by atoms with E-state index < -0.39 is 11.6 Å². The molecule has 3 heterocycles. The van der Waals surface area contributed by atoms with Crippen molar-refractivity contribution in [3.63, 3.8) is 0 Å². The molecule has 4 aromatic rings. The molecule has 1 unspecified atom stereocenters. The molecule has 2 aliphatic rings. The van der Waals surface area contributed by atoms with Gasteiger partial charge in [0.15, 0.2) is 0 Å². The average molecular weight is 643 g/mol. The predicted molar refractivity (Wildman–Crippen MR) is 130 cm³/mol. The Morgan fingerprint density at radius 2 is 1.89 bits per heavy atom. The van der Waals surface area contributed by atoms with Crippen molar-refractivity contribution in [3.8, 4) is 22.4 Å². The number of aromatic nitrogens is 1. The monoisotopic (exact) mass is 643 g/mol. The first-order chi connectivity index (χ1) is 16.6. The van der Waals surface area contributed by atoms with Crippen molar-refractivity contribution in [1.82, 2.24) is 9.88 Å². The van der Waals surface area contributed by atoms with E-state index >= 15 is 0 Å². The zero-order valence-corrected chi connectivity index (χ0v) is 21.4. The minimum absolute atomic E-state index is 0. The minimum atomic E-state index is -0.662. The molecule has 35 heavy (non-hydrogen) atoms. The van der Waals surface area contributed by atoms with Crippen LogP contribution in [0.25, 0.3) is 27.7 Å². The van der Waals surface area contributed by atoms with E-state index in [9.17, 15) is 8.78 Å². The summed E-state index contributed by atoms with van der Waals surface area (Å²) in [4.78, 5) is 6.49. The molecule has 0 saturated heterocycles. The van der Waals surface area contributed by atoms with Gasteiger partial charge in [-0.05, 0) is 41.7 Å². The molecule has 1 aromatic heterocycles. The second kappa shape index (κ2) is 10.9. The molecular formula is C29H22F2IrN3. The van der Waals surface area contributed by atoms with E-state index in [2.05, 4.69) is 45.7 Å². The molecule has 1 atom stereocenters. The summed E-state index contributed by atoms with van der Waals surface area (Å²) < 4.78 is 26.8. The van der Waals surface area contributed by atoms with Crippen molar-refractivity contribution in [1.29, 1.82) is 0 Å². The third-order valence-electron chi connectivity index (χ3n) is 5.98. The van der Waals surface area contributed by atoms with Crippen LogP contribution < -0.4 is 0 Å². The van der Waals surface area contributed by atoms with Gasteiger partial charge in [0.25, 0.3) is 0 Å². The molecule has 176 valence electrons. The maximum absolute atomic E-state index is 13.9. The molecule has 0 radical (unpaired) electrons. The summed E-state index contributed by atoms with van der Waals surface area (Å²) in [6, 6.07) is 25.6. The summed E-state index contributed by atoms with van der Waals surface area (Å²) in [5, 5.41) is 4.41. The van der Waals surface area contributed by atoms with Gasteiger partial charge >= 0.3 is 20.1 Å². The first-order valence-electron chi connectivity index (χ1n) is 11.1. The van der Waals surface area contributed by atoms with Gasteiger partial charge in [-0.3, -0.25) is 8.78 Å². The fraction of sp³-hybridized carbons (Fsp3) is 0.138. The molecule has 0 fully saturated rings. The molecule has 3 nitrogen and oxygen atoms in total. The van der Waals surface area contributed by atoms with Crippen LogP contribution in [-0.4, -0.2) is 16.4 Å². The van der Waals surface area contributed by atoms with Gasteiger partial charge in [0, 0.05) is 24.4 Å². The normalized spacial score (nSPS) is 15.2. The second-order valence-corrected chi connectivity index (χ2v) is 8.21. The number of hydrogen-bond donors (Lipinski definition) is 0. The number of fused-ring (bicyclic) bond motifs is 3. The Bertz CT molecular complexity index is 1340. The fourth-order valence-corrected chi connectivity index (χ4v) is 4.23. The molecule has 3 aromatic carbocycles. The summed E-state index contributed by atoms with van der Waals surface area (Å²) >= 11 is 0. The van der Waals surface area contributed by atoms with E-state index in [0.29, 0.717) is 5.69 Å². The summed E-state index contributed by atoms with van der Waals surface area (Å²) in [7, 11) is 0. The van der Waals surface area contributed by atoms with Crippen LogP contribution in [-0.2, 0) is 26.5 Å². The average Bonchev–Trinajstić information content (AvgIpc) is 3.35. The molecule has 0 spiro atoms. The van der Waals surface area contributed by atoms with E-state index in [4.69, 9.17) is 0 Å². The number of pyridine rings is 1. The van der Waals surface area contributed by atoms with Crippen molar-refractivity contribution in [3.05, 3.63) is 131 Å². The second-order valence-electron chi connectivity index (χ2n) is 8.21. The fourth-order valence-electron chi connectivity index (χ4n) is 4.23. The van der Waals surface area contributed by atoms with Crippen LogP contribution in [0, 0.1) is 30.7 Å². The Morgan fingerprint density at radius 1 is 1.06 bits per heavy atom. The van der Waals surface area contributed by atoms with Gasteiger partial charge in [0.05, 0.1) is 0 Å². The van der Waals surface area contributed by atoms with Gasteiger partial charge in [0.2, 0.25) is 0 Å². The smallest absolute Gasteiger partial charge is 0.668 e. The Balaban J connectivity index is 0.000000177. The molecule has 0 amide bonds. The molecule has 0 aliphatic carbocycles. The van der Waals surface area contributed by atoms with Crippen molar-refractivity contribution >= 4 is 0 Å². The summed E-state index contributed by atoms with van der Waals surface area (Å²) in [6.45, 7) is 3.03. The first-order valence-corrected chi connectivity index (χ1v) is 11.1. The van der Waals surface area contributed by atoms with Crippen molar-refractivity contribution < 1.29 is 28.9 Å². The molecule has 6 heteroatoms. The molecule has 2 aliphatic heterocycles. The first kappa shape index (κ1) is 24.8. The largest absolute Gasteiger partial charge is 3.00 e. The topological polar surface area (TPSA) is 30.2 Å². The quantitative estimate of drug-likeness (QED) is 0.221. The van der Waals surface area contributed by atoms with Gasteiger partial charge in [-0.1, -0.05) is 54.4 Å². The molecule has 6 rings (SSSR count). The summed E-state index contributed by atoms with van der Waals surface area (Å²) in [5.41, 5.74) is 6.26. The van der Waals surface area contributed by atoms with E-state index in [1.807, 2.05) is 49.5 Å². The Labute approximate surface area is 217 Å². The van der Waals surface area contributed by atoms with Crippen LogP contribution in [0.15, 0.2) is 85.3 Å². The summed E-state index contributed by atoms with van der Waals surface area (Å²) in [6.07, 6.45) is 6.97. The van der Waals surface area contributed by atoms with Gasteiger partial charge < -0.3 is 15.2 Å². The van der Waals surface area contributed by atoms with E-state index in [0.717, 1.165) is 41.8 Å². The predicted octanol–water partition coefficient (Wildman–Crippen LogP) is 7.00. The number of hydrogen-bond acceptors (Lipinski definition) is 2. The van der Waals surface area contributed by atoms with Gasteiger partial charge in [-0.25, -0.2) is 0 Å². The van der Waals surface area contributed by atoms with Crippen LogP contribution in [0.3, 0.4) is 0 Å². The SMILES string of the molecule is Cc1cnc(-c2[c-]cc(F)cc2F)cc1-c1ccccc1.[Ir+3].[c-]1cccc2c1C1[N-]C=CN1CC2. The van der Waals surface area contributed by atoms with Gasteiger partial charge in [0.1, 0.15) is 0 Å². The van der Waals surface area contributed by atoms with Gasteiger partial charge in [-0.15, -0.1) is 12.1 Å². The number of nitrogens with zero attached hydrogens (tertiary/aromatic N) is 3. The number of halogens is 2. The van der Waals surface area contributed by atoms with Crippen molar-refractivity contribution in [2.45, 2.75) is 19.5 Å². The zero-order chi connectivity index (χ0) is 23.5. The van der Waals surface area contributed by atoms with Crippen molar-refractivity contribution in [2.24, 2.45) is 0 Å². The number of benzene rings is 3. The van der Waals surface area contributed by atoms with Crippen LogP contribution in [0.5, 0.6) is 0 Å². The number of rotatable bonds is 2. The Hall–Kier alpha value is -3.34.